The normalized spacial score (nSPS) is 11.8. The number of carboxylic acids is 1. The van der Waals surface area contributed by atoms with E-state index in [1.54, 1.807) is 6.92 Å². The molecule has 1 aromatic rings. The molecule has 0 saturated heterocycles. The highest BCUT2D eigenvalue weighted by molar-refractivity contribution is 6.31. The Morgan fingerprint density at radius 3 is 2.70 bits per heavy atom. The number of carbonyl (C=O) groups is 2. The number of ether oxygens (including phenoxy) is 1. The zero-order valence-corrected chi connectivity index (χ0v) is 12.0. The second-order valence-electron chi connectivity index (χ2n) is 4.19. The number of carboxylic acid groups (broad SMARTS) is 1. The molecule has 7 heteroatoms. The largest absolute Gasteiger partial charge is 0.478 e. The van der Waals surface area contributed by atoms with Crippen molar-refractivity contribution in [3.05, 3.63) is 28.8 Å². The first kappa shape index (κ1) is 16.3. The third-order valence-electron chi connectivity index (χ3n) is 2.35. The lowest BCUT2D eigenvalue weighted by Crippen LogP contribution is -2.38. The lowest BCUT2D eigenvalue weighted by Gasteiger charge is -2.14. The SMILES string of the molecule is CCOCC(C)NC(=O)Nc1cc(Cl)cc(C(=O)O)c1. The predicted molar refractivity (Wildman–Crippen MR) is 76.5 cm³/mol. The van der Waals surface area contributed by atoms with Gasteiger partial charge in [-0.1, -0.05) is 11.6 Å². The molecule has 0 heterocycles. The molecule has 0 aliphatic heterocycles. The van der Waals surface area contributed by atoms with E-state index in [-0.39, 0.29) is 16.6 Å². The Morgan fingerprint density at radius 1 is 1.40 bits per heavy atom. The zero-order chi connectivity index (χ0) is 15.1. The zero-order valence-electron chi connectivity index (χ0n) is 11.3. The number of aromatic carboxylic acids is 1. The van der Waals surface area contributed by atoms with Crippen molar-refractivity contribution in [1.82, 2.24) is 5.32 Å². The monoisotopic (exact) mass is 300 g/mol. The van der Waals surface area contributed by atoms with E-state index in [1.165, 1.54) is 18.2 Å². The predicted octanol–water partition coefficient (Wildman–Crippen LogP) is 2.58. The Hall–Kier alpha value is -1.79. The minimum absolute atomic E-state index is 0.00941. The molecule has 3 N–H and O–H groups in total. The third kappa shape index (κ3) is 5.46. The number of carbonyl (C=O) groups excluding carboxylic acids is 1. The van der Waals surface area contributed by atoms with Gasteiger partial charge in [-0.05, 0) is 32.0 Å². The fourth-order valence-electron chi connectivity index (χ4n) is 1.51. The van der Waals surface area contributed by atoms with Crippen LogP contribution in [0, 0.1) is 0 Å². The molecule has 1 aromatic carbocycles. The number of hydrogen-bond donors (Lipinski definition) is 3. The van der Waals surface area contributed by atoms with E-state index in [4.69, 9.17) is 21.4 Å². The number of anilines is 1. The Bertz CT molecular complexity index is 493. The molecule has 1 atom stereocenters. The second-order valence-corrected chi connectivity index (χ2v) is 4.63. The van der Waals surface area contributed by atoms with Gasteiger partial charge in [0.25, 0.3) is 0 Å². The summed E-state index contributed by atoms with van der Waals surface area (Å²) in [6.45, 7) is 4.64. The molecule has 0 spiro atoms. The molecular weight excluding hydrogens is 284 g/mol. The van der Waals surface area contributed by atoms with Gasteiger partial charge < -0.3 is 20.5 Å². The van der Waals surface area contributed by atoms with Crippen LogP contribution in [0.3, 0.4) is 0 Å². The number of rotatable bonds is 6. The van der Waals surface area contributed by atoms with E-state index in [0.717, 1.165) is 0 Å². The van der Waals surface area contributed by atoms with Gasteiger partial charge in [-0.15, -0.1) is 0 Å². The van der Waals surface area contributed by atoms with Crippen LogP contribution in [0.1, 0.15) is 24.2 Å². The smallest absolute Gasteiger partial charge is 0.335 e. The lowest BCUT2D eigenvalue weighted by molar-refractivity contribution is 0.0697. The van der Waals surface area contributed by atoms with Crippen molar-refractivity contribution >= 4 is 29.3 Å². The van der Waals surface area contributed by atoms with Crippen molar-refractivity contribution < 1.29 is 19.4 Å². The highest BCUT2D eigenvalue weighted by Crippen LogP contribution is 2.19. The molecule has 2 amide bonds. The minimum Gasteiger partial charge on any atom is -0.478 e. The number of urea groups is 1. The molecule has 110 valence electrons. The lowest BCUT2D eigenvalue weighted by atomic mass is 10.2. The van der Waals surface area contributed by atoms with E-state index in [0.29, 0.717) is 18.9 Å². The maximum absolute atomic E-state index is 11.7. The Kier molecular flexibility index (Phi) is 6.27. The van der Waals surface area contributed by atoms with Crippen LogP contribution in [0.5, 0.6) is 0 Å². The number of hydrogen-bond acceptors (Lipinski definition) is 3. The van der Waals surface area contributed by atoms with Gasteiger partial charge in [0, 0.05) is 17.3 Å². The van der Waals surface area contributed by atoms with Gasteiger partial charge in [0.2, 0.25) is 0 Å². The van der Waals surface area contributed by atoms with Crippen LogP contribution in [-0.2, 0) is 4.74 Å². The number of halogens is 1. The van der Waals surface area contributed by atoms with Crippen LogP contribution in [0.4, 0.5) is 10.5 Å². The summed E-state index contributed by atoms with van der Waals surface area (Å²) >= 11 is 5.80. The summed E-state index contributed by atoms with van der Waals surface area (Å²) in [5.41, 5.74) is 0.325. The van der Waals surface area contributed by atoms with Gasteiger partial charge >= 0.3 is 12.0 Å². The molecule has 1 unspecified atom stereocenters. The van der Waals surface area contributed by atoms with Gasteiger partial charge in [-0.3, -0.25) is 0 Å². The molecule has 1 rings (SSSR count). The van der Waals surface area contributed by atoms with Gasteiger partial charge in [0.05, 0.1) is 18.2 Å². The molecule has 0 aromatic heterocycles. The topological polar surface area (TPSA) is 87.7 Å². The molecule has 0 saturated carbocycles. The first-order valence-electron chi connectivity index (χ1n) is 6.11. The van der Waals surface area contributed by atoms with E-state index >= 15 is 0 Å². The highest BCUT2D eigenvalue weighted by atomic mass is 35.5. The maximum atomic E-state index is 11.7. The minimum atomic E-state index is -1.11. The van der Waals surface area contributed by atoms with Gasteiger partial charge in [-0.25, -0.2) is 9.59 Å². The first-order chi connectivity index (χ1) is 9.42. The fourth-order valence-corrected chi connectivity index (χ4v) is 1.75. The number of benzene rings is 1. The summed E-state index contributed by atoms with van der Waals surface area (Å²) in [5.74, 6) is -1.11. The molecule has 20 heavy (non-hydrogen) atoms. The summed E-state index contributed by atoms with van der Waals surface area (Å²) in [5, 5.41) is 14.3. The maximum Gasteiger partial charge on any atom is 0.335 e. The Balaban J connectivity index is 2.64. The molecule has 0 radical (unpaired) electrons. The summed E-state index contributed by atoms with van der Waals surface area (Å²) in [4.78, 5) is 22.6. The second kappa shape index (κ2) is 7.72. The summed E-state index contributed by atoms with van der Waals surface area (Å²) in [6.07, 6.45) is 0. The van der Waals surface area contributed by atoms with E-state index in [1.807, 2.05) is 6.92 Å². The van der Waals surface area contributed by atoms with E-state index < -0.39 is 12.0 Å². The Morgan fingerprint density at radius 2 is 2.10 bits per heavy atom. The highest BCUT2D eigenvalue weighted by Gasteiger charge is 2.10. The standard InChI is InChI=1S/C13H17ClN2O4/c1-3-20-7-8(2)15-13(19)16-11-5-9(12(17)18)4-10(14)6-11/h4-6,8H,3,7H2,1-2H3,(H,17,18)(H2,15,16,19). The molecule has 0 aliphatic rings. The average molecular weight is 301 g/mol. The van der Waals surface area contributed by atoms with Crippen molar-refractivity contribution in [2.75, 3.05) is 18.5 Å². The van der Waals surface area contributed by atoms with Crippen LogP contribution < -0.4 is 10.6 Å². The third-order valence-corrected chi connectivity index (χ3v) is 2.57. The molecule has 6 nitrogen and oxygen atoms in total. The van der Waals surface area contributed by atoms with Crippen molar-refractivity contribution in [2.24, 2.45) is 0 Å². The molecule has 0 bridgehead atoms. The summed E-state index contributed by atoms with van der Waals surface area (Å²) < 4.78 is 5.17. The van der Waals surface area contributed by atoms with Gasteiger partial charge in [0.1, 0.15) is 0 Å². The summed E-state index contributed by atoms with van der Waals surface area (Å²) in [7, 11) is 0. The average Bonchev–Trinajstić information content (AvgIpc) is 2.35. The van der Waals surface area contributed by atoms with E-state index in [2.05, 4.69) is 10.6 Å². The van der Waals surface area contributed by atoms with E-state index in [9.17, 15) is 9.59 Å². The number of amides is 2. The first-order valence-corrected chi connectivity index (χ1v) is 6.49. The molecular formula is C13H17ClN2O4. The van der Waals surface area contributed by atoms with Crippen LogP contribution in [-0.4, -0.2) is 36.4 Å². The summed E-state index contributed by atoms with van der Waals surface area (Å²) in [6, 6.07) is 3.51. The van der Waals surface area contributed by atoms with Crippen LogP contribution in [0.2, 0.25) is 5.02 Å². The van der Waals surface area contributed by atoms with Crippen LogP contribution >= 0.6 is 11.6 Å². The number of nitrogens with one attached hydrogen (secondary N) is 2. The van der Waals surface area contributed by atoms with Crippen molar-refractivity contribution in [2.45, 2.75) is 19.9 Å². The quantitative estimate of drug-likeness (QED) is 0.753. The van der Waals surface area contributed by atoms with Crippen molar-refractivity contribution in [3.8, 4) is 0 Å². The molecule has 0 fully saturated rings. The molecule has 0 aliphatic carbocycles. The van der Waals surface area contributed by atoms with Crippen molar-refractivity contribution in [3.63, 3.8) is 0 Å². The van der Waals surface area contributed by atoms with Crippen LogP contribution in [0.25, 0.3) is 0 Å². The van der Waals surface area contributed by atoms with Crippen LogP contribution in [0.15, 0.2) is 18.2 Å². The van der Waals surface area contributed by atoms with Crippen molar-refractivity contribution in [1.29, 1.82) is 0 Å². The Labute approximate surface area is 122 Å². The fraction of sp³-hybridized carbons (Fsp3) is 0.385. The van der Waals surface area contributed by atoms with Gasteiger partial charge in [-0.2, -0.15) is 0 Å². The van der Waals surface area contributed by atoms with Gasteiger partial charge in [0.15, 0.2) is 0 Å².